The number of thioether (sulfide) groups is 1. The van der Waals surface area contributed by atoms with Gasteiger partial charge in [-0.25, -0.2) is 4.39 Å². The molecule has 2 bridgehead atoms. The summed E-state index contributed by atoms with van der Waals surface area (Å²) >= 11 is 1.78. The number of halogens is 4. The molecule has 1 nitrogen and oxygen atoms in total. The molecule has 0 amide bonds. The van der Waals surface area contributed by atoms with Crippen molar-refractivity contribution in [1.29, 1.82) is 0 Å². The Morgan fingerprint density at radius 2 is 1.76 bits per heavy atom. The van der Waals surface area contributed by atoms with Gasteiger partial charge in [0, 0.05) is 16.1 Å². The quantitative estimate of drug-likeness (QED) is 0.770. The van der Waals surface area contributed by atoms with E-state index in [1.54, 1.807) is 11.8 Å². The zero-order valence-electron chi connectivity index (χ0n) is 11.3. The van der Waals surface area contributed by atoms with Gasteiger partial charge < -0.3 is 5.11 Å². The highest BCUT2D eigenvalue weighted by Crippen LogP contribution is 2.50. The van der Waals surface area contributed by atoms with Crippen LogP contribution >= 0.6 is 11.8 Å². The molecular formula is C15H16F4OS. The number of hydrogen-bond acceptors (Lipinski definition) is 2. The summed E-state index contributed by atoms with van der Waals surface area (Å²) in [6.07, 6.45) is -1.15. The molecule has 1 aromatic rings. The Kier molecular flexibility index (Phi) is 3.72. The summed E-state index contributed by atoms with van der Waals surface area (Å²) in [4.78, 5) is 0. The van der Waals surface area contributed by atoms with Crippen LogP contribution in [0.4, 0.5) is 17.6 Å². The number of aliphatic hydroxyl groups is 1. The zero-order valence-corrected chi connectivity index (χ0v) is 12.1. The average Bonchev–Trinajstić information content (AvgIpc) is 2.36. The number of alkyl halides is 3. The maximum Gasteiger partial charge on any atom is 0.419 e. The molecule has 2 aliphatic heterocycles. The van der Waals surface area contributed by atoms with Crippen molar-refractivity contribution in [3.8, 4) is 0 Å². The van der Waals surface area contributed by atoms with Crippen LogP contribution in [0.15, 0.2) is 18.2 Å². The van der Waals surface area contributed by atoms with E-state index in [1.807, 2.05) is 0 Å². The predicted octanol–water partition coefficient (Wildman–Crippen LogP) is 4.48. The summed E-state index contributed by atoms with van der Waals surface area (Å²) in [6, 6.07) is 3.19. The summed E-state index contributed by atoms with van der Waals surface area (Å²) in [5.41, 5.74) is -2.97. The first-order valence-electron chi connectivity index (χ1n) is 7.04. The van der Waals surface area contributed by atoms with Gasteiger partial charge in [-0.15, -0.1) is 0 Å². The van der Waals surface area contributed by atoms with Gasteiger partial charge in [-0.1, -0.05) is 18.6 Å². The third-order valence-electron chi connectivity index (χ3n) is 4.37. The van der Waals surface area contributed by atoms with Crippen molar-refractivity contribution in [2.24, 2.45) is 0 Å². The molecule has 2 atom stereocenters. The van der Waals surface area contributed by atoms with Crippen LogP contribution in [0.3, 0.4) is 0 Å². The normalized spacial score (nSPS) is 33.0. The molecule has 2 unspecified atom stereocenters. The molecule has 0 spiro atoms. The van der Waals surface area contributed by atoms with Gasteiger partial charge in [-0.3, -0.25) is 0 Å². The number of hydrogen-bond donors (Lipinski definition) is 1. The topological polar surface area (TPSA) is 20.2 Å². The van der Waals surface area contributed by atoms with Gasteiger partial charge in [0.15, 0.2) is 0 Å². The van der Waals surface area contributed by atoms with Gasteiger partial charge in [-0.2, -0.15) is 24.9 Å². The van der Waals surface area contributed by atoms with Crippen LogP contribution in [0.1, 0.15) is 43.2 Å². The highest BCUT2D eigenvalue weighted by molar-refractivity contribution is 8.00. The number of fused-ring (bicyclic) bond motifs is 2. The molecule has 2 fully saturated rings. The van der Waals surface area contributed by atoms with Crippen LogP contribution < -0.4 is 0 Å². The van der Waals surface area contributed by atoms with Gasteiger partial charge >= 0.3 is 6.18 Å². The third kappa shape index (κ3) is 2.80. The molecule has 116 valence electrons. The van der Waals surface area contributed by atoms with Gasteiger partial charge in [0.05, 0.1) is 11.2 Å². The highest BCUT2D eigenvalue weighted by atomic mass is 32.2. The van der Waals surface area contributed by atoms with E-state index in [9.17, 15) is 22.7 Å². The Morgan fingerprint density at radius 3 is 2.33 bits per heavy atom. The van der Waals surface area contributed by atoms with Crippen LogP contribution in [0, 0.1) is 5.82 Å². The molecule has 0 saturated carbocycles. The SMILES string of the molecule is OC1(c2cccc(C(F)(F)F)c2F)CC2CCCC(C1)S2. The molecular weight excluding hydrogens is 304 g/mol. The molecule has 0 aromatic heterocycles. The van der Waals surface area contributed by atoms with Gasteiger partial charge in [0.25, 0.3) is 0 Å². The maximum atomic E-state index is 14.3. The van der Waals surface area contributed by atoms with Gasteiger partial charge in [-0.05, 0) is 31.7 Å². The fourth-order valence-corrected chi connectivity index (χ4v) is 5.34. The summed E-state index contributed by atoms with van der Waals surface area (Å²) in [7, 11) is 0. The second-order valence-corrected chi connectivity index (χ2v) is 7.52. The van der Waals surface area contributed by atoms with Crippen molar-refractivity contribution < 1.29 is 22.7 Å². The fourth-order valence-electron chi connectivity index (χ4n) is 3.45. The predicted molar refractivity (Wildman–Crippen MR) is 73.6 cm³/mol. The first-order valence-corrected chi connectivity index (χ1v) is 7.98. The van der Waals surface area contributed by atoms with Gasteiger partial charge in [0.1, 0.15) is 5.82 Å². The lowest BCUT2D eigenvalue weighted by Gasteiger charge is -2.44. The van der Waals surface area contributed by atoms with E-state index in [4.69, 9.17) is 0 Å². The molecule has 0 aliphatic carbocycles. The zero-order chi connectivity index (χ0) is 15.3. The summed E-state index contributed by atoms with van der Waals surface area (Å²) < 4.78 is 52.8. The Bertz CT molecular complexity index is 531. The van der Waals surface area contributed by atoms with E-state index in [0.717, 1.165) is 25.3 Å². The van der Waals surface area contributed by atoms with E-state index in [1.165, 1.54) is 12.1 Å². The standard InChI is InChI=1S/C15H16F4OS/c16-13-11(5-2-6-12(13)15(17,18)19)14(20)7-9-3-1-4-10(8-14)21-9/h2,5-6,9-10,20H,1,3-4,7-8H2. The Balaban J connectivity index is 2.00. The second-order valence-electron chi connectivity index (χ2n) is 5.92. The molecule has 21 heavy (non-hydrogen) atoms. The van der Waals surface area contributed by atoms with Crippen LogP contribution in [0.5, 0.6) is 0 Å². The maximum absolute atomic E-state index is 14.3. The molecule has 1 N–H and O–H groups in total. The van der Waals surface area contributed by atoms with Crippen LogP contribution in [-0.2, 0) is 11.8 Å². The minimum absolute atomic E-state index is 0.200. The van der Waals surface area contributed by atoms with E-state index in [2.05, 4.69) is 0 Å². The van der Waals surface area contributed by atoms with Crippen LogP contribution in [0.2, 0.25) is 0 Å². The molecule has 3 rings (SSSR count). The first-order chi connectivity index (χ1) is 9.79. The van der Waals surface area contributed by atoms with E-state index in [0.29, 0.717) is 12.8 Å². The second kappa shape index (κ2) is 5.16. The van der Waals surface area contributed by atoms with Crippen molar-refractivity contribution >= 4 is 11.8 Å². The lowest BCUT2D eigenvalue weighted by molar-refractivity contribution is -0.140. The smallest absolute Gasteiger partial charge is 0.385 e. The Hall–Kier alpha value is -0.750. The molecule has 0 radical (unpaired) electrons. The minimum atomic E-state index is -4.74. The number of benzene rings is 1. The van der Waals surface area contributed by atoms with Crippen LogP contribution in [0.25, 0.3) is 0 Å². The monoisotopic (exact) mass is 320 g/mol. The van der Waals surface area contributed by atoms with Crippen LogP contribution in [-0.4, -0.2) is 15.6 Å². The fraction of sp³-hybridized carbons (Fsp3) is 0.600. The molecule has 2 heterocycles. The molecule has 2 saturated heterocycles. The minimum Gasteiger partial charge on any atom is -0.385 e. The first kappa shape index (κ1) is 15.2. The van der Waals surface area contributed by atoms with E-state index < -0.39 is 23.2 Å². The number of rotatable bonds is 1. The van der Waals surface area contributed by atoms with Crippen molar-refractivity contribution in [1.82, 2.24) is 0 Å². The summed E-state index contributed by atoms with van der Waals surface area (Å²) in [5.74, 6) is -1.32. The third-order valence-corrected chi connectivity index (χ3v) is 5.95. The Labute approximate surface area is 124 Å². The molecule has 2 aliphatic rings. The molecule has 6 heteroatoms. The van der Waals surface area contributed by atoms with Gasteiger partial charge in [0.2, 0.25) is 0 Å². The van der Waals surface area contributed by atoms with E-state index in [-0.39, 0.29) is 16.1 Å². The van der Waals surface area contributed by atoms with Crippen molar-refractivity contribution in [2.45, 2.75) is 54.4 Å². The summed E-state index contributed by atoms with van der Waals surface area (Å²) in [6.45, 7) is 0. The van der Waals surface area contributed by atoms with E-state index >= 15 is 0 Å². The molecule has 1 aromatic carbocycles. The highest BCUT2D eigenvalue weighted by Gasteiger charge is 2.45. The van der Waals surface area contributed by atoms with Crippen molar-refractivity contribution in [3.05, 3.63) is 35.1 Å². The lowest BCUT2D eigenvalue weighted by atomic mass is 9.80. The van der Waals surface area contributed by atoms with Crippen molar-refractivity contribution in [2.75, 3.05) is 0 Å². The largest absolute Gasteiger partial charge is 0.419 e. The Morgan fingerprint density at radius 1 is 1.14 bits per heavy atom. The summed E-state index contributed by atoms with van der Waals surface area (Å²) in [5, 5.41) is 11.2. The van der Waals surface area contributed by atoms with Crippen molar-refractivity contribution in [3.63, 3.8) is 0 Å². The lowest BCUT2D eigenvalue weighted by Crippen LogP contribution is -2.41. The average molecular weight is 320 g/mol.